The summed E-state index contributed by atoms with van der Waals surface area (Å²) in [6, 6.07) is 17.2. The lowest BCUT2D eigenvalue weighted by Gasteiger charge is -2.11. The molecule has 0 amide bonds. The fourth-order valence-electron chi connectivity index (χ4n) is 5.96. The van der Waals surface area contributed by atoms with Gasteiger partial charge in [0.05, 0.1) is 24.7 Å². The van der Waals surface area contributed by atoms with Crippen molar-refractivity contribution in [3.8, 4) is 28.7 Å². The van der Waals surface area contributed by atoms with Crippen LogP contribution in [0.4, 0.5) is 0 Å². The van der Waals surface area contributed by atoms with E-state index in [0.29, 0.717) is 22.3 Å². The van der Waals surface area contributed by atoms with Crippen LogP contribution in [0.25, 0.3) is 94.4 Å². The van der Waals surface area contributed by atoms with Gasteiger partial charge in [-0.2, -0.15) is 9.97 Å². The third-order valence-corrected chi connectivity index (χ3v) is 7.92. The quantitative estimate of drug-likeness (QED) is 0.205. The second-order valence-electron chi connectivity index (χ2n) is 10.5. The molecule has 45 heavy (non-hydrogen) atoms. The SMILES string of the molecule is [2H]c1c([2H])c([2H])c2c(oc3c([2H])c4c5c([2H])c([2H])c([2H])c([2H])c5n(-c5nc(-c6ccccc6)nc(-c6cccc7oc8ccccc8c67)n5)c4c([2H])c32)c1[2H]. The van der Waals surface area contributed by atoms with Gasteiger partial charge in [0.1, 0.15) is 22.3 Å². The molecule has 0 radical (unpaired) electrons. The monoisotopic (exact) mass is 588 g/mol. The van der Waals surface area contributed by atoms with Gasteiger partial charge >= 0.3 is 0 Å². The summed E-state index contributed by atoms with van der Waals surface area (Å²) in [5, 5.41) is 1.18. The van der Waals surface area contributed by atoms with Crippen LogP contribution >= 0.6 is 0 Å². The Kier molecular flexibility index (Phi) is 3.35. The number of hydrogen-bond acceptors (Lipinski definition) is 5. The molecule has 0 fully saturated rings. The van der Waals surface area contributed by atoms with Crippen molar-refractivity contribution in [1.29, 1.82) is 0 Å². The van der Waals surface area contributed by atoms with E-state index >= 15 is 0 Å². The second-order valence-corrected chi connectivity index (χ2v) is 10.5. The van der Waals surface area contributed by atoms with Crippen molar-refractivity contribution in [2.45, 2.75) is 0 Å². The first-order valence-corrected chi connectivity index (χ1v) is 14.1. The standard InChI is InChI=1S/C39H22N4O2/c1-2-11-23(12-3-1)37-40-38(27-16-10-20-34-36(27)26-15-6-9-19-33(26)44-34)42-39(41-37)43-30-17-7-4-13-24(30)28-22-35-29(21-31(28)43)25-14-5-8-18-32(25)45-35/h1-22H/i4D,5D,7D,8D,13D,14D,17D,18D,21D,22D. The first-order valence-electron chi connectivity index (χ1n) is 19.1. The molecule has 0 N–H and O–H groups in total. The van der Waals surface area contributed by atoms with E-state index in [1.807, 2.05) is 54.6 Å². The summed E-state index contributed by atoms with van der Waals surface area (Å²) in [4.78, 5) is 14.7. The number of para-hydroxylation sites is 3. The second kappa shape index (κ2) is 9.11. The van der Waals surface area contributed by atoms with Crippen LogP contribution in [-0.4, -0.2) is 19.5 Å². The Balaban J connectivity index is 1.43. The van der Waals surface area contributed by atoms with Crippen LogP contribution < -0.4 is 0 Å². The minimum absolute atomic E-state index is 0.0695. The first-order chi connectivity index (χ1) is 26.5. The molecule has 0 aliphatic rings. The van der Waals surface area contributed by atoms with Gasteiger partial charge in [0.15, 0.2) is 11.6 Å². The van der Waals surface area contributed by atoms with Gasteiger partial charge < -0.3 is 8.83 Å². The summed E-state index contributed by atoms with van der Waals surface area (Å²) in [6.07, 6.45) is 0. The summed E-state index contributed by atoms with van der Waals surface area (Å²) < 4.78 is 102. The van der Waals surface area contributed by atoms with Gasteiger partial charge in [-0.3, -0.25) is 4.57 Å². The van der Waals surface area contributed by atoms with Crippen LogP contribution in [0.1, 0.15) is 13.7 Å². The zero-order chi connectivity index (χ0) is 38.2. The lowest BCUT2D eigenvalue weighted by atomic mass is 10.1. The van der Waals surface area contributed by atoms with E-state index in [9.17, 15) is 2.74 Å². The van der Waals surface area contributed by atoms with Crippen molar-refractivity contribution in [3.05, 3.63) is 133 Å². The summed E-state index contributed by atoms with van der Waals surface area (Å²) in [7, 11) is 0. The van der Waals surface area contributed by atoms with Gasteiger partial charge in [-0.15, -0.1) is 0 Å². The highest BCUT2D eigenvalue weighted by Crippen LogP contribution is 2.39. The van der Waals surface area contributed by atoms with Crippen molar-refractivity contribution in [2.24, 2.45) is 0 Å². The van der Waals surface area contributed by atoms with Crippen molar-refractivity contribution >= 4 is 65.7 Å². The van der Waals surface area contributed by atoms with Crippen LogP contribution in [0.5, 0.6) is 0 Å². The topological polar surface area (TPSA) is 69.9 Å². The zero-order valence-electron chi connectivity index (χ0n) is 33.0. The number of hydrogen-bond donors (Lipinski definition) is 0. The molecule has 10 aromatic rings. The normalized spacial score (nSPS) is 15.1. The molecule has 210 valence electrons. The Bertz CT molecular complexity index is 3340. The highest BCUT2D eigenvalue weighted by molar-refractivity contribution is 6.17. The highest BCUT2D eigenvalue weighted by atomic mass is 16.3. The highest BCUT2D eigenvalue weighted by Gasteiger charge is 2.21. The van der Waals surface area contributed by atoms with Gasteiger partial charge in [0.2, 0.25) is 5.95 Å². The van der Waals surface area contributed by atoms with Gasteiger partial charge in [-0.05, 0) is 36.3 Å². The molecule has 0 unspecified atom stereocenters. The molecule has 0 atom stereocenters. The average Bonchev–Trinajstić information content (AvgIpc) is 3.91. The van der Waals surface area contributed by atoms with Crippen LogP contribution in [0.2, 0.25) is 0 Å². The maximum absolute atomic E-state index is 9.69. The maximum atomic E-state index is 9.69. The smallest absolute Gasteiger partial charge is 0.238 e. The van der Waals surface area contributed by atoms with E-state index < -0.39 is 48.3 Å². The Morgan fingerprint density at radius 1 is 0.511 bits per heavy atom. The van der Waals surface area contributed by atoms with Gasteiger partial charge in [-0.25, -0.2) is 4.98 Å². The molecular formula is C39H22N4O2. The number of benzene rings is 6. The molecule has 6 nitrogen and oxygen atoms in total. The molecule has 0 aliphatic carbocycles. The molecule has 0 bridgehead atoms. The number of nitrogens with zero attached hydrogens (tertiary/aromatic N) is 4. The third-order valence-electron chi connectivity index (χ3n) is 7.92. The van der Waals surface area contributed by atoms with Crippen molar-refractivity contribution in [2.75, 3.05) is 0 Å². The number of fused-ring (bicyclic) bond motifs is 9. The van der Waals surface area contributed by atoms with Crippen LogP contribution in [0.15, 0.2) is 142 Å². The third kappa shape index (κ3) is 3.53. The van der Waals surface area contributed by atoms with Crippen molar-refractivity contribution < 1.29 is 22.5 Å². The van der Waals surface area contributed by atoms with Crippen LogP contribution in [0, 0.1) is 0 Å². The van der Waals surface area contributed by atoms with E-state index in [1.165, 1.54) is 4.57 Å². The van der Waals surface area contributed by atoms with E-state index in [0.717, 1.165) is 10.8 Å². The number of rotatable bonds is 3. The Morgan fingerprint density at radius 2 is 1.27 bits per heavy atom. The minimum Gasteiger partial charge on any atom is -0.456 e. The molecular weight excluding hydrogens is 556 g/mol. The van der Waals surface area contributed by atoms with Crippen LogP contribution in [-0.2, 0) is 0 Å². The predicted octanol–water partition coefficient (Wildman–Crippen LogP) is 10.1. The summed E-state index contributed by atoms with van der Waals surface area (Å²) >= 11 is 0. The summed E-state index contributed by atoms with van der Waals surface area (Å²) in [5.74, 6) is 0.280. The van der Waals surface area contributed by atoms with Gasteiger partial charge in [-0.1, -0.05) is 96.9 Å². The number of furan rings is 2. The first kappa shape index (κ1) is 16.5. The molecule has 0 saturated heterocycles. The van der Waals surface area contributed by atoms with E-state index in [-0.39, 0.29) is 73.4 Å². The molecule has 4 aromatic heterocycles. The minimum atomic E-state index is -0.563. The fraction of sp³-hybridized carbons (Fsp3) is 0. The molecule has 10 rings (SSSR count). The Labute approximate surface area is 269 Å². The maximum Gasteiger partial charge on any atom is 0.238 e. The molecule has 6 heteroatoms. The van der Waals surface area contributed by atoms with Crippen molar-refractivity contribution in [1.82, 2.24) is 19.5 Å². The Morgan fingerprint density at radius 3 is 2.20 bits per heavy atom. The number of aromatic nitrogens is 4. The van der Waals surface area contributed by atoms with E-state index in [2.05, 4.69) is 0 Å². The molecule has 0 saturated carbocycles. The Hall–Kier alpha value is -6.27. The van der Waals surface area contributed by atoms with Gasteiger partial charge in [0.25, 0.3) is 0 Å². The predicted molar refractivity (Wildman–Crippen MR) is 180 cm³/mol. The van der Waals surface area contributed by atoms with Crippen molar-refractivity contribution in [3.63, 3.8) is 0 Å². The molecule has 6 aromatic carbocycles. The van der Waals surface area contributed by atoms with Crippen LogP contribution in [0.3, 0.4) is 0 Å². The van der Waals surface area contributed by atoms with E-state index in [4.69, 9.17) is 34.8 Å². The van der Waals surface area contributed by atoms with E-state index in [1.54, 1.807) is 18.2 Å². The summed E-state index contributed by atoms with van der Waals surface area (Å²) in [5.41, 5.74) is 1.75. The fourth-order valence-corrected chi connectivity index (χ4v) is 5.96. The summed E-state index contributed by atoms with van der Waals surface area (Å²) in [6.45, 7) is 0. The lowest BCUT2D eigenvalue weighted by molar-refractivity contribution is 0.669. The van der Waals surface area contributed by atoms with Gasteiger partial charge in [0, 0.05) is 43.4 Å². The molecule has 4 heterocycles. The average molecular weight is 589 g/mol. The zero-order valence-corrected chi connectivity index (χ0v) is 23.0. The lowest BCUT2D eigenvalue weighted by Crippen LogP contribution is -2.06. The molecule has 0 spiro atoms. The largest absolute Gasteiger partial charge is 0.456 e. The molecule has 0 aliphatic heterocycles.